The van der Waals surface area contributed by atoms with Crippen molar-refractivity contribution in [3.63, 3.8) is 0 Å². The molecular weight excluding hydrogens is 304 g/mol. The van der Waals surface area contributed by atoms with Gasteiger partial charge in [0.2, 0.25) is 5.78 Å². The molecule has 4 heteroatoms. The molecule has 0 unspecified atom stereocenters. The summed E-state index contributed by atoms with van der Waals surface area (Å²) in [7, 11) is 0. The van der Waals surface area contributed by atoms with E-state index in [-0.39, 0.29) is 11.4 Å². The molecule has 0 saturated heterocycles. The van der Waals surface area contributed by atoms with Gasteiger partial charge in [0.1, 0.15) is 11.3 Å². The summed E-state index contributed by atoms with van der Waals surface area (Å²) in [4.78, 5) is 24.0. The molecule has 0 spiro atoms. The van der Waals surface area contributed by atoms with Gasteiger partial charge in [-0.05, 0) is 31.0 Å². The van der Waals surface area contributed by atoms with Gasteiger partial charge in [0.15, 0.2) is 6.10 Å². The van der Waals surface area contributed by atoms with Crippen LogP contribution in [0.4, 0.5) is 0 Å². The maximum Gasteiger partial charge on any atom is 0.336 e. The zero-order valence-electron chi connectivity index (χ0n) is 13.6. The minimum absolute atomic E-state index is 0.0977. The first kappa shape index (κ1) is 16.0. The Bertz CT molecular complexity index is 925. The van der Waals surface area contributed by atoms with Crippen LogP contribution in [0.15, 0.2) is 63.8 Å². The van der Waals surface area contributed by atoms with Crippen LogP contribution in [0, 0.1) is 0 Å². The third-order valence-corrected chi connectivity index (χ3v) is 3.92. The predicted molar refractivity (Wildman–Crippen MR) is 92.7 cm³/mol. The Labute approximate surface area is 139 Å². The van der Waals surface area contributed by atoms with Crippen LogP contribution in [0.25, 0.3) is 11.0 Å². The highest BCUT2D eigenvalue weighted by Gasteiger charge is 2.17. The maximum atomic E-state index is 12.4. The molecule has 0 saturated carbocycles. The topological polar surface area (TPSA) is 56.5 Å². The number of Topliss-reactive ketones (excluding diaryl/α,β-unsaturated/α-hetero) is 1. The third kappa shape index (κ3) is 3.23. The normalized spacial score (nSPS) is 12.1. The zero-order chi connectivity index (χ0) is 17.1. The second-order valence-electron chi connectivity index (χ2n) is 5.59. The lowest BCUT2D eigenvalue weighted by molar-refractivity contribution is 0.0818. The fourth-order valence-corrected chi connectivity index (χ4v) is 2.67. The molecule has 122 valence electrons. The molecule has 0 fully saturated rings. The van der Waals surface area contributed by atoms with Crippen molar-refractivity contribution in [1.29, 1.82) is 0 Å². The molecule has 1 heterocycles. The van der Waals surface area contributed by atoms with E-state index in [4.69, 9.17) is 9.15 Å². The monoisotopic (exact) mass is 322 g/mol. The second-order valence-corrected chi connectivity index (χ2v) is 5.59. The summed E-state index contributed by atoms with van der Waals surface area (Å²) in [6.07, 6.45) is 0.108. The Morgan fingerprint density at radius 2 is 1.88 bits per heavy atom. The molecule has 0 N–H and O–H groups in total. The summed E-state index contributed by atoms with van der Waals surface area (Å²) in [6.45, 7) is 3.69. The number of carbonyl (C=O) groups excluding carboxylic acids is 1. The summed E-state index contributed by atoms with van der Waals surface area (Å²) in [5.74, 6) is 0.398. The lowest BCUT2D eigenvalue weighted by atomic mass is 10.1. The number of ketones is 1. The zero-order valence-corrected chi connectivity index (χ0v) is 13.6. The second kappa shape index (κ2) is 6.71. The summed E-state index contributed by atoms with van der Waals surface area (Å²) in [6, 6.07) is 15.8. The fraction of sp³-hybridized carbons (Fsp3) is 0.200. The lowest BCUT2D eigenvalue weighted by Gasteiger charge is -2.14. The standard InChI is InChI=1S/C20H18O4/c1-3-14-11-19(21)24-18-12-16(9-10-17(14)18)23-13(2)20(22)15-7-5-4-6-8-15/h4-13H,3H2,1-2H3/t13-/m1/s1. The lowest BCUT2D eigenvalue weighted by Crippen LogP contribution is -2.23. The van der Waals surface area contributed by atoms with Gasteiger partial charge in [-0.2, -0.15) is 0 Å². The molecule has 0 radical (unpaired) electrons. The fourth-order valence-electron chi connectivity index (χ4n) is 2.67. The number of fused-ring (bicyclic) bond motifs is 1. The van der Waals surface area contributed by atoms with E-state index in [0.717, 1.165) is 17.4 Å². The molecule has 3 aromatic rings. The van der Waals surface area contributed by atoms with Crippen molar-refractivity contribution in [2.45, 2.75) is 26.4 Å². The Hall–Kier alpha value is -2.88. The van der Waals surface area contributed by atoms with Gasteiger partial charge >= 0.3 is 5.63 Å². The minimum atomic E-state index is -0.633. The minimum Gasteiger partial charge on any atom is -0.482 e. The molecule has 4 nitrogen and oxygen atoms in total. The van der Waals surface area contributed by atoms with Gasteiger partial charge in [0.05, 0.1) is 0 Å². The third-order valence-electron chi connectivity index (χ3n) is 3.92. The van der Waals surface area contributed by atoms with Gasteiger partial charge in [0, 0.05) is 23.1 Å². The average molecular weight is 322 g/mol. The first-order valence-corrected chi connectivity index (χ1v) is 7.91. The molecule has 0 aliphatic carbocycles. The average Bonchev–Trinajstić information content (AvgIpc) is 2.60. The van der Waals surface area contributed by atoms with Crippen LogP contribution in [0.3, 0.4) is 0 Å². The van der Waals surface area contributed by atoms with E-state index in [1.165, 1.54) is 6.07 Å². The number of rotatable bonds is 5. The number of hydrogen-bond donors (Lipinski definition) is 0. The van der Waals surface area contributed by atoms with Gasteiger partial charge in [-0.3, -0.25) is 4.79 Å². The highest BCUT2D eigenvalue weighted by molar-refractivity contribution is 5.99. The highest BCUT2D eigenvalue weighted by atomic mass is 16.5. The number of ether oxygens (including phenoxy) is 1. The Morgan fingerprint density at radius 1 is 1.12 bits per heavy atom. The molecule has 3 rings (SSSR count). The Kier molecular flexibility index (Phi) is 4.47. The van der Waals surface area contributed by atoms with Gasteiger partial charge < -0.3 is 9.15 Å². The van der Waals surface area contributed by atoms with E-state index >= 15 is 0 Å². The highest BCUT2D eigenvalue weighted by Crippen LogP contribution is 2.24. The van der Waals surface area contributed by atoms with Gasteiger partial charge in [-0.15, -0.1) is 0 Å². The van der Waals surface area contributed by atoms with Crippen LogP contribution < -0.4 is 10.4 Å². The van der Waals surface area contributed by atoms with Gasteiger partial charge in [-0.1, -0.05) is 37.3 Å². The molecule has 0 aliphatic heterocycles. The van der Waals surface area contributed by atoms with Crippen molar-refractivity contribution in [2.24, 2.45) is 0 Å². The van der Waals surface area contributed by atoms with E-state index in [1.807, 2.05) is 31.2 Å². The molecule has 0 amide bonds. The molecule has 24 heavy (non-hydrogen) atoms. The maximum absolute atomic E-state index is 12.4. The van der Waals surface area contributed by atoms with Crippen LogP contribution >= 0.6 is 0 Å². The predicted octanol–water partition coefficient (Wildman–Crippen LogP) is 4.01. The summed E-state index contributed by atoms with van der Waals surface area (Å²) >= 11 is 0. The van der Waals surface area contributed by atoms with Crippen molar-refractivity contribution in [2.75, 3.05) is 0 Å². The summed E-state index contributed by atoms with van der Waals surface area (Å²) in [5.41, 5.74) is 1.62. The van der Waals surface area contributed by atoms with Crippen molar-refractivity contribution < 1.29 is 13.9 Å². The number of benzene rings is 2. The Balaban J connectivity index is 1.87. The van der Waals surface area contributed by atoms with Crippen LogP contribution in [-0.4, -0.2) is 11.9 Å². The first-order chi connectivity index (χ1) is 11.6. The van der Waals surface area contributed by atoms with Crippen LogP contribution in [-0.2, 0) is 6.42 Å². The largest absolute Gasteiger partial charge is 0.482 e. The van der Waals surface area contributed by atoms with Crippen LogP contribution in [0.1, 0.15) is 29.8 Å². The molecule has 0 aliphatic rings. The van der Waals surface area contributed by atoms with Gasteiger partial charge in [0.25, 0.3) is 0 Å². The summed E-state index contributed by atoms with van der Waals surface area (Å²) < 4.78 is 11.0. The SMILES string of the molecule is CCc1cc(=O)oc2cc(O[C@H](C)C(=O)c3ccccc3)ccc12. The number of aryl methyl sites for hydroxylation is 1. The molecule has 2 aromatic carbocycles. The molecule has 0 bridgehead atoms. The van der Waals surface area contributed by atoms with E-state index < -0.39 is 6.10 Å². The van der Waals surface area contributed by atoms with Crippen LogP contribution in [0.5, 0.6) is 5.75 Å². The summed E-state index contributed by atoms with van der Waals surface area (Å²) in [5, 5.41) is 0.881. The van der Waals surface area contributed by atoms with Crippen LogP contribution in [0.2, 0.25) is 0 Å². The van der Waals surface area contributed by atoms with Crippen molar-refractivity contribution >= 4 is 16.8 Å². The smallest absolute Gasteiger partial charge is 0.336 e. The van der Waals surface area contributed by atoms with Crippen molar-refractivity contribution in [1.82, 2.24) is 0 Å². The first-order valence-electron chi connectivity index (χ1n) is 7.91. The van der Waals surface area contributed by atoms with E-state index in [9.17, 15) is 9.59 Å². The van der Waals surface area contributed by atoms with E-state index in [2.05, 4.69) is 0 Å². The molecule has 1 atom stereocenters. The van der Waals surface area contributed by atoms with Crippen molar-refractivity contribution in [3.8, 4) is 5.75 Å². The quantitative estimate of drug-likeness (QED) is 0.526. The van der Waals surface area contributed by atoms with E-state index in [1.54, 1.807) is 31.2 Å². The molecular formula is C20H18O4. The number of carbonyl (C=O) groups is 1. The Morgan fingerprint density at radius 3 is 2.58 bits per heavy atom. The number of hydrogen-bond acceptors (Lipinski definition) is 4. The van der Waals surface area contributed by atoms with Gasteiger partial charge in [-0.25, -0.2) is 4.79 Å². The van der Waals surface area contributed by atoms with E-state index in [0.29, 0.717) is 16.9 Å². The molecule has 1 aromatic heterocycles. The van der Waals surface area contributed by atoms with Crippen molar-refractivity contribution in [3.05, 3.63) is 76.1 Å².